The molecule has 2 rings (SSSR count). The molecule has 0 aromatic carbocycles. The van der Waals surface area contributed by atoms with Crippen LogP contribution in [0.1, 0.15) is 12.8 Å². The second-order valence-corrected chi connectivity index (χ2v) is 4.20. The molecule has 0 bridgehead atoms. The van der Waals surface area contributed by atoms with E-state index in [1.807, 2.05) is 13.1 Å². The highest BCUT2D eigenvalue weighted by Gasteiger charge is 2.16. The Kier molecular flexibility index (Phi) is 3.38. The lowest BCUT2D eigenvalue weighted by Gasteiger charge is -2.21. The van der Waals surface area contributed by atoms with E-state index in [4.69, 9.17) is 11.6 Å². The van der Waals surface area contributed by atoms with Crippen LogP contribution in [0.15, 0.2) is 12.3 Å². The van der Waals surface area contributed by atoms with Crippen molar-refractivity contribution in [2.75, 3.05) is 25.0 Å². The highest BCUT2D eigenvalue weighted by molar-refractivity contribution is 6.28. The van der Waals surface area contributed by atoms with Crippen LogP contribution in [0.25, 0.3) is 0 Å². The molecule has 1 saturated heterocycles. The van der Waals surface area contributed by atoms with Gasteiger partial charge in [-0.15, -0.1) is 0 Å². The maximum absolute atomic E-state index is 5.74. The number of rotatable bonds is 3. The van der Waals surface area contributed by atoms with Crippen molar-refractivity contribution in [3.8, 4) is 0 Å². The molecule has 82 valence electrons. The van der Waals surface area contributed by atoms with Gasteiger partial charge >= 0.3 is 0 Å². The van der Waals surface area contributed by atoms with Crippen LogP contribution < -0.4 is 10.2 Å². The first-order chi connectivity index (χ1) is 7.25. The first-order valence-electron chi connectivity index (χ1n) is 5.19. The van der Waals surface area contributed by atoms with Crippen LogP contribution in [0.5, 0.6) is 0 Å². The number of hydrogen-bond donors (Lipinski definition) is 1. The number of aromatic nitrogens is 2. The van der Waals surface area contributed by atoms with Gasteiger partial charge in [-0.2, -0.15) is 0 Å². The third-order valence-corrected chi connectivity index (χ3v) is 2.84. The lowest BCUT2D eigenvalue weighted by molar-refractivity contribution is 0.597. The van der Waals surface area contributed by atoms with Crippen LogP contribution in [-0.2, 0) is 0 Å². The lowest BCUT2D eigenvalue weighted by Crippen LogP contribution is -2.35. The van der Waals surface area contributed by atoms with Crippen LogP contribution >= 0.6 is 11.6 Å². The summed E-state index contributed by atoms with van der Waals surface area (Å²) in [4.78, 5) is 10.1. The van der Waals surface area contributed by atoms with E-state index in [0.29, 0.717) is 11.3 Å². The van der Waals surface area contributed by atoms with Crippen LogP contribution in [0.2, 0.25) is 5.28 Å². The zero-order valence-electron chi connectivity index (χ0n) is 8.78. The zero-order valence-corrected chi connectivity index (χ0v) is 9.54. The van der Waals surface area contributed by atoms with Crippen LogP contribution in [0.3, 0.4) is 0 Å². The van der Waals surface area contributed by atoms with Crippen molar-refractivity contribution in [3.63, 3.8) is 0 Å². The average Bonchev–Trinajstić information content (AvgIpc) is 2.70. The highest BCUT2D eigenvalue weighted by atomic mass is 35.5. The third-order valence-electron chi connectivity index (χ3n) is 2.66. The molecule has 15 heavy (non-hydrogen) atoms. The summed E-state index contributed by atoms with van der Waals surface area (Å²) >= 11 is 5.74. The molecule has 0 radical (unpaired) electrons. The smallest absolute Gasteiger partial charge is 0.224 e. The third kappa shape index (κ3) is 2.79. The van der Waals surface area contributed by atoms with E-state index in [-0.39, 0.29) is 0 Å². The molecule has 0 saturated carbocycles. The van der Waals surface area contributed by atoms with Crippen molar-refractivity contribution < 1.29 is 0 Å². The fraction of sp³-hybridized carbons (Fsp3) is 0.600. The SMILES string of the molecule is CN(C[C@H]1CCCN1)c1ccnc(Cl)n1. The predicted molar refractivity (Wildman–Crippen MR) is 61.3 cm³/mol. The topological polar surface area (TPSA) is 41.0 Å². The van der Waals surface area contributed by atoms with E-state index in [0.717, 1.165) is 18.9 Å². The molecule has 1 fully saturated rings. The molecule has 1 aliphatic heterocycles. The van der Waals surface area contributed by atoms with Gasteiger partial charge in [0, 0.05) is 25.8 Å². The Bertz CT molecular complexity index is 325. The zero-order chi connectivity index (χ0) is 10.7. The lowest BCUT2D eigenvalue weighted by atomic mass is 10.2. The Morgan fingerprint density at radius 2 is 2.53 bits per heavy atom. The average molecular weight is 227 g/mol. The van der Waals surface area contributed by atoms with Crippen molar-refractivity contribution in [1.29, 1.82) is 0 Å². The van der Waals surface area contributed by atoms with Gasteiger partial charge in [0.25, 0.3) is 0 Å². The highest BCUT2D eigenvalue weighted by Crippen LogP contribution is 2.13. The Morgan fingerprint density at radius 1 is 1.67 bits per heavy atom. The monoisotopic (exact) mass is 226 g/mol. The molecule has 0 unspecified atom stereocenters. The maximum Gasteiger partial charge on any atom is 0.224 e. The predicted octanol–water partition coefficient (Wildman–Crippen LogP) is 1.32. The fourth-order valence-electron chi connectivity index (χ4n) is 1.88. The summed E-state index contributed by atoms with van der Waals surface area (Å²) in [5.74, 6) is 0.878. The summed E-state index contributed by atoms with van der Waals surface area (Å²) in [5.41, 5.74) is 0. The molecule has 1 aromatic rings. The minimum Gasteiger partial charge on any atom is -0.358 e. The molecule has 1 N–H and O–H groups in total. The molecule has 5 heteroatoms. The van der Waals surface area contributed by atoms with Gasteiger partial charge in [0.2, 0.25) is 5.28 Å². The molecule has 1 aliphatic rings. The van der Waals surface area contributed by atoms with Gasteiger partial charge in [-0.05, 0) is 37.1 Å². The normalized spacial score (nSPS) is 20.5. The van der Waals surface area contributed by atoms with Gasteiger partial charge in [-0.1, -0.05) is 0 Å². The largest absolute Gasteiger partial charge is 0.358 e. The number of likely N-dealkylation sites (N-methyl/N-ethyl adjacent to an activating group) is 1. The summed E-state index contributed by atoms with van der Waals surface area (Å²) < 4.78 is 0. The molecule has 0 spiro atoms. The Balaban J connectivity index is 1.97. The summed E-state index contributed by atoms with van der Waals surface area (Å²) in [5, 5.41) is 3.76. The van der Waals surface area contributed by atoms with Gasteiger partial charge in [0.05, 0.1) is 0 Å². The van der Waals surface area contributed by atoms with E-state index in [1.165, 1.54) is 12.8 Å². The van der Waals surface area contributed by atoms with Crippen molar-refractivity contribution in [1.82, 2.24) is 15.3 Å². The number of hydrogen-bond acceptors (Lipinski definition) is 4. The van der Waals surface area contributed by atoms with Gasteiger partial charge in [0.15, 0.2) is 0 Å². The van der Waals surface area contributed by atoms with Crippen LogP contribution in [0.4, 0.5) is 5.82 Å². The maximum atomic E-state index is 5.74. The Morgan fingerprint density at radius 3 is 3.20 bits per heavy atom. The van der Waals surface area contributed by atoms with Gasteiger partial charge in [-0.3, -0.25) is 0 Å². The summed E-state index contributed by atoms with van der Waals surface area (Å²) in [6, 6.07) is 2.45. The van der Waals surface area contributed by atoms with Crippen molar-refractivity contribution in [3.05, 3.63) is 17.5 Å². The van der Waals surface area contributed by atoms with E-state index in [9.17, 15) is 0 Å². The molecule has 4 nitrogen and oxygen atoms in total. The molecule has 1 aromatic heterocycles. The summed E-state index contributed by atoms with van der Waals surface area (Å²) in [6.07, 6.45) is 4.19. The molecule has 0 amide bonds. The van der Waals surface area contributed by atoms with Crippen molar-refractivity contribution in [2.45, 2.75) is 18.9 Å². The number of halogens is 1. The molecule has 2 heterocycles. The van der Waals surface area contributed by atoms with Crippen molar-refractivity contribution in [2.24, 2.45) is 0 Å². The standard InChI is InChI=1S/C10H15ClN4/c1-15(7-8-3-2-5-12-8)9-4-6-13-10(11)14-9/h4,6,8,12H,2-3,5,7H2,1H3/t8-/m1/s1. The quantitative estimate of drug-likeness (QED) is 0.790. The van der Waals surface area contributed by atoms with Crippen molar-refractivity contribution >= 4 is 17.4 Å². The Labute approximate surface area is 94.7 Å². The molecular formula is C10H15ClN4. The molecule has 0 aliphatic carbocycles. The molecule has 1 atom stereocenters. The van der Waals surface area contributed by atoms with Gasteiger partial charge in [-0.25, -0.2) is 9.97 Å². The van der Waals surface area contributed by atoms with E-state index in [2.05, 4.69) is 20.2 Å². The van der Waals surface area contributed by atoms with E-state index < -0.39 is 0 Å². The summed E-state index contributed by atoms with van der Waals surface area (Å²) in [7, 11) is 2.03. The van der Waals surface area contributed by atoms with E-state index >= 15 is 0 Å². The van der Waals surface area contributed by atoms with Crippen LogP contribution in [-0.4, -0.2) is 36.1 Å². The number of nitrogens with zero attached hydrogens (tertiary/aromatic N) is 3. The number of nitrogens with one attached hydrogen (secondary N) is 1. The Hall–Kier alpha value is -0.870. The van der Waals surface area contributed by atoms with Gasteiger partial charge < -0.3 is 10.2 Å². The first kappa shape index (κ1) is 10.6. The van der Waals surface area contributed by atoms with Crippen LogP contribution in [0, 0.1) is 0 Å². The molecular weight excluding hydrogens is 212 g/mol. The number of anilines is 1. The first-order valence-corrected chi connectivity index (χ1v) is 5.56. The summed E-state index contributed by atoms with van der Waals surface area (Å²) in [6.45, 7) is 2.09. The second kappa shape index (κ2) is 4.77. The minimum atomic E-state index is 0.304. The fourth-order valence-corrected chi connectivity index (χ4v) is 2.02. The second-order valence-electron chi connectivity index (χ2n) is 3.86. The van der Waals surface area contributed by atoms with Gasteiger partial charge in [0.1, 0.15) is 5.82 Å². The minimum absolute atomic E-state index is 0.304. The van der Waals surface area contributed by atoms with E-state index in [1.54, 1.807) is 6.20 Å².